The lowest BCUT2D eigenvalue weighted by atomic mass is 10.3. The van der Waals surface area contributed by atoms with Crippen LogP contribution in [-0.2, 0) is 6.42 Å². The highest BCUT2D eigenvalue weighted by atomic mass is 32.1. The second kappa shape index (κ2) is 4.99. The number of nitrogens with zero attached hydrogens (tertiary/aromatic N) is 1. The highest BCUT2D eigenvalue weighted by Crippen LogP contribution is 2.24. The minimum absolute atomic E-state index is 0.184. The smallest absolute Gasteiger partial charge is 0.160 e. The van der Waals surface area contributed by atoms with Crippen LogP contribution in [0.1, 0.15) is 10.6 Å². The lowest BCUT2D eigenvalue weighted by Gasteiger charge is -2.06. The lowest BCUT2D eigenvalue weighted by molar-refractivity contribution is 0.304. The summed E-state index contributed by atoms with van der Waals surface area (Å²) in [7, 11) is 0. The highest BCUT2D eigenvalue weighted by Gasteiger charge is 2.03. The third-order valence-electron chi connectivity index (χ3n) is 2.30. The first kappa shape index (κ1) is 11.0. The normalized spacial score (nSPS) is 10.3. The monoisotopic (exact) mass is 235 g/mol. The molecule has 0 atom stereocenters. The topological polar surface area (TPSA) is 42.4 Å². The van der Waals surface area contributed by atoms with Gasteiger partial charge in [-0.2, -0.15) is 0 Å². The molecule has 0 amide bonds. The lowest BCUT2D eigenvalue weighted by Crippen LogP contribution is -2.01. The Hall–Kier alpha value is -1.55. The van der Waals surface area contributed by atoms with Crippen LogP contribution in [0.4, 0.5) is 0 Å². The first-order chi connectivity index (χ1) is 7.77. The fraction of sp³-hybridized carbons (Fsp3) is 0.250. The summed E-state index contributed by atoms with van der Waals surface area (Å²) in [6, 6.07) is 6.99. The maximum absolute atomic E-state index is 9.49. The molecule has 0 aliphatic rings. The van der Waals surface area contributed by atoms with Crippen LogP contribution in [0.3, 0.4) is 0 Å². The number of rotatable bonds is 4. The fourth-order valence-corrected chi connectivity index (χ4v) is 2.16. The Bertz CT molecular complexity index is 468. The van der Waals surface area contributed by atoms with Crippen molar-refractivity contribution in [3.05, 3.63) is 40.3 Å². The maximum atomic E-state index is 9.49. The van der Waals surface area contributed by atoms with Crippen LogP contribution in [0.25, 0.3) is 0 Å². The third kappa shape index (κ3) is 2.52. The second-order valence-corrected chi connectivity index (χ2v) is 4.37. The molecule has 0 bridgehead atoms. The number of para-hydroxylation sites is 2. The van der Waals surface area contributed by atoms with Gasteiger partial charge < -0.3 is 9.84 Å². The zero-order valence-corrected chi connectivity index (χ0v) is 9.83. The standard InChI is InChI=1S/C12H13NO2S/c1-9-12(16-8-13-9)6-7-15-11-5-3-2-4-10(11)14/h2-5,8,14H,6-7H2,1H3. The van der Waals surface area contributed by atoms with Gasteiger partial charge in [0.15, 0.2) is 11.5 Å². The van der Waals surface area contributed by atoms with Crippen LogP contribution in [0, 0.1) is 6.92 Å². The van der Waals surface area contributed by atoms with E-state index in [1.807, 2.05) is 18.5 Å². The molecule has 3 nitrogen and oxygen atoms in total. The van der Waals surface area contributed by atoms with Crippen molar-refractivity contribution in [3.8, 4) is 11.5 Å². The molecule has 0 radical (unpaired) electrons. The summed E-state index contributed by atoms with van der Waals surface area (Å²) in [5.74, 6) is 0.716. The molecule has 16 heavy (non-hydrogen) atoms. The SMILES string of the molecule is Cc1ncsc1CCOc1ccccc1O. The van der Waals surface area contributed by atoms with Crippen molar-refractivity contribution in [2.24, 2.45) is 0 Å². The van der Waals surface area contributed by atoms with Gasteiger partial charge in [0, 0.05) is 11.3 Å². The van der Waals surface area contributed by atoms with Crippen molar-refractivity contribution >= 4 is 11.3 Å². The average Bonchev–Trinajstić information content (AvgIpc) is 2.67. The number of benzene rings is 1. The zero-order chi connectivity index (χ0) is 11.4. The molecule has 2 aromatic rings. The Morgan fingerprint density at radius 2 is 2.19 bits per heavy atom. The van der Waals surface area contributed by atoms with E-state index < -0.39 is 0 Å². The van der Waals surface area contributed by atoms with Gasteiger partial charge in [-0.3, -0.25) is 0 Å². The molecule has 1 N–H and O–H groups in total. The molecule has 4 heteroatoms. The molecule has 2 rings (SSSR count). The molecular weight excluding hydrogens is 222 g/mol. The first-order valence-corrected chi connectivity index (χ1v) is 5.95. The van der Waals surface area contributed by atoms with Crippen molar-refractivity contribution in [2.75, 3.05) is 6.61 Å². The molecule has 0 saturated carbocycles. The number of aromatic nitrogens is 1. The summed E-state index contributed by atoms with van der Waals surface area (Å²) in [6.07, 6.45) is 0.824. The number of hydrogen-bond donors (Lipinski definition) is 1. The minimum atomic E-state index is 0.184. The van der Waals surface area contributed by atoms with Crippen LogP contribution in [0.5, 0.6) is 11.5 Å². The van der Waals surface area contributed by atoms with Gasteiger partial charge in [0.25, 0.3) is 0 Å². The van der Waals surface area contributed by atoms with Crippen molar-refractivity contribution in [3.63, 3.8) is 0 Å². The van der Waals surface area contributed by atoms with E-state index in [0.717, 1.165) is 12.1 Å². The summed E-state index contributed by atoms with van der Waals surface area (Å²) in [5.41, 5.74) is 2.90. The van der Waals surface area contributed by atoms with Gasteiger partial charge in [-0.15, -0.1) is 11.3 Å². The summed E-state index contributed by atoms with van der Waals surface area (Å²) >= 11 is 1.64. The number of ether oxygens (including phenoxy) is 1. The largest absolute Gasteiger partial charge is 0.504 e. The van der Waals surface area contributed by atoms with E-state index in [4.69, 9.17) is 4.74 Å². The Morgan fingerprint density at radius 1 is 1.38 bits per heavy atom. The molecular formula is C12H13NO2S. The van der Waals surface area contributed by atoms with E-state index >= 15 is 0 Å². The van der Waals surface area contributed by atoms with Crippen molar-refractivity contribution in [2.45, 2.75) is 13.3 Å². The Balaban J connectivity index is 1.89. The van der Waals surface area contributed by atoms with E-state index in [1.165, 1.54) is 4.88 Å². The zero-order valence-electron chi connectivity index (χ0n) is 9.01. The van der Waals surface area contributed by atoms with Gasteiger partial charge in [0.2, 0.25) is 0 Å². The van der Waals surface area contributed by atoms with Crippen LogP contribution in [-0.4, -0.2) is 16.7 Å². The molecule has 0 saturated heterocycles. The predicted octanol–water partition coefficient (Wildman–Crippen LogP) is 2.78. The molecule has 1 aromatic carbocycles. The number of thiazole rings is 1. The summed E-state index contributed by atoms with van der Waals surface area (Å²) in [6.45, 7) is 2.55. The van der Waals surface area contributed by atoms with Gasteiger partial charge in [0.1, 0.15) is 0 Å². The van der Waals surface area contributed by atoms with Crippen molar-refractivity contribution in [1.29, 1.82) is 0 Å². The van der Waals surface area contributed by atoms with Crippen LogP contribution < -0.4 is 4.74 Å². The number of aryl methyl sites for hydroxylation is 1. The van der Waals surface area contributed by atoms with E-state index in [-0.39, 0.29) is 5.75 Å². The van der Waals surface area contributed by atoms with Crippen molar-refractivity contribution in [1.82, 2.24) is 4.98 Å². The molecule has 1 heterocycles. The first-order valence-electron chi connectivity index (χ1n) is 5.07. The quantitative estimate of drug-likeness (QED) is 0.886. The summed E-state index contributed by atoms with van der Waals surface area (Å²) < 4.78 is 5.49. The van der Waals surface area contributed by atoms with Gasteiger partial charge in [0.05, 0.1) is 17.8 Å². The number of phenols is 1. The number of phenolic OH excluding ortho intramolecular Hbond substituents is 1. The molecule has 0 spiro atoms. The van der Waals surface area contributed by atoms with E-state index in [9.17, 15) is 5.11 Å². The molecule has 0 aliphatic heterocycles. The Labute approximate surface area is 98.4 Å². The molecule has 0 unspecified atom stereocenters. The van der Waals surface area contributed by atoms with Gasteiger partial charge in [-0.1, -0.05) is 12.1 Å². The number of hydrogen-bond acceptors (Lipinski definition) is 4. The molecule has 1 aromatic heterocycles. The number of aromatic hydroxyl groups is 1. The van der Waals surface area contributed by atoms with Crippen LogP contribution in [0.2, 0.25) is 0 Å². The highest BCUT2D eigenvalue weighted by molar-refractivity contribution is 7.09. The van der Waals surface area contributed by atoms with E-state index in [2.05, 4.69) is 4.98 Å². The Morgan fingerprint density at radius 3 is 2.88 bits per heavy atom. The third-order valence-corrected chi connectivity index (χ3v) is 3.29. The molecule has 84 valence electrons. The molecule has 0 fully saturated rings. The van der Waals surface area contributed by atoms with E-state index in [1.54, 1.807) is 29.5 Å². The fourth-order valence-electron chi connectivity index (χ4n) is 1.40. The van der Waals surface area contributed by atoms with Crippen molar-refractivity contribution < 1.29 is 9.84 Å². The minimum Gasteiger partial charge on any atom is -0.504 e. The molecule has 0 aliphatic carbocycles. The maximum Gasteiger partial charge on any atom is 0.160 e. The van der Waals surface area contributed by atoms with Gasteiger partial charge >= 0.3 is 0 Å². The van der Waals surface area contributed by atoms with Crippen LogP contribution in [0.15, 0.2) is 29.8 Å². The van der Waals surface area contributed by atoms with Gasteiger partial charge in [-0.05, 0) is 19.1 Å². The second-order valence-electron chi connectivity index (χ2n) is 3.43. The summed E-state index contributed by atoms with van der Waals surface area (Å²) in [5, 5.41) is 9.49. The predicted molar refractivity (Wildman–Crippen MR) is 64.2 cm³/mol. The van der Waals surface area contributed by atoms with Gasteiger partial charge in [-0.25, -0.2) is 4.98 Å². The van der Waals surface area contributed by atoms with Crippen LogP contribution >= 0.6 is 11.3 Å². The average molecular weight is 235 g/mol. The van der Waals surface area contributed by atoms with E-state index in [0.29, 0.717) is 12.4 Å². The Kier molecular flexibility index (Phi) is 3.41. The summed E-state index contributed by atoms with van der Waals surface area (Å²) in [4.78, 5) is 5.41.